The molecule has 1 aromatic rings. The second-order valence-electron chi connectivity index (χ2n) is 7.71. The molecular formula is C17H26N4O2. The Morgan fingerprint density at radius 2 is 2.09 bits per heavy atom. The molecule has 1 unspecified atom stereocenters. The van der Waals surface area contributed by atoms with Crippen LogP contribution in [-0.4, -0.2) is 60.1 Å². The molecule has 0 aromatic carbocycles. The lowest BCUT2D eigenvalue weighted by molar-refractivity contribution is 0.0221. The van der Waals surface area contributed by atoms with E-state index in [0.29, 0.717) is 6.04 Å². The fourth-order valence-electron chi connectivity index (χ4n) is 4.60. The van der Waals surface area contributed by atoms with Crippen LogP contribution in [0.2, 0.25) is 0 Å². The average molecular weight is 318 g/mol. The lowest BCUT2D eigenvalue weighted by Gasteiger charge is -2.50. The average Bonchev–Trinajstić information content (AvgIpc) is 3.16. The molecule has 1 aromatic heterocycles. The minimum atomic E-state index is 0.110. The van der Waals surface area contributed by atoms with Crippen LogP contribution in [0.3, 0.4) is 0 Å². The van der Waals surface area contributed by atoms with Crippen molar-refractivity contribution in [3.8, 4) is 0 Å². The second kappa shape index (κ2) is 5.51. The third kappa shape index (κ3) is 2.63. The summed E-state index contributed by atoms with van der Waals surface area (Å²) in [5.41, 5.74) is 0.110. The fourth-order valence-corrected chi connectivity index (χ4v) is 4.60. The van der Waals surface area contributed by atoms with E-state index in [1.165, 1.54) is 12.8 Å². The molecule has 1 aliphatic carbocycles. The van der Waals surface area contributed by atoms with Gasteiger partial charge in [0.05, 0.1) is 12.1 Å². The first-order valence-electron chi connectivity index (χ1n) is 8.72. The maximum atomic E-state index is 12.4. The van der Waals surface area contributed by atoms with Gasteiger partial charge in [-0.3, -0.25) is 0 Å². The van der Waals surface area contributed by atoms with Gasteiger partial charge < -0.3 is 19.5 Å². The van der Waals surface area contributed by atoms with Crippen molar-refractivity contribution in [2.45, 2.75) is 44.6 Å². The van der Waals surface area contributed by atoms with Crippen molar-refractivity contribution in [2.75, 3.05) is 33.2 Å². The van der Waals surface area contributed by atoms with E-state index < -0.39 is 0 Å². The molecule has 1 saturated carbocycles. The summed E-state index contributed by atoms with van der Waals surface area (Å²) in [6.45, 7) is 5.51. The van der Waals surface area contributed by atoms with Crippen molar-refractivity contribution in [3.05, 3.63) is 17.8 Å². The van der Waals surface area contributed by atoms with Crippen molar-refractivity contribution in [2.24, 2.45) is 5.41 Å². The summed E-state index contributed by atoms with van der Waals surface area (Å²) in [5, 5.41) is 3.19. The molecule has 1 spiro atoms. The Hall–Kier alpha value is -1.56. The van der Waals surface area contributed by atoms with Crippen LogP contribution >= 0.6 is 0 Å². The maximum absolute atomic E-state index is 12.4. The fraction of sp³-hybridized carbons (Fsp3) is 0.765. The van der Waals surface area contributed by atoms with E-state index in [4.69, 9.17) is 4.42 Å². The van der Waals surface area contributed by atoms with Gasteiger partial charge >= 0.3 is 6.03 Å². The number of rotatable bonds is 2. The zero-order valence-corrected chi connectivity index (χ0v) is 14.0. The monoisotopic (exact) mass is 318 g/mol. The molecular weight excluding hydrogens is 292 g/mol. The zero-order valence-electron chi connectivity index (χ0n) is 14.0. The molecule has 3 heterocycles. The molecule has 4 rings (SSSR count). The second-order valence-corrected chi connectivity index (χ2v) is 7.71. The summed E-state index contributed by atoms with van der Waals surface area (Å²) in [7, 11) is 2.14. The molecule has 0 bridgehead atoms. The predicted octanol–water partition coefficient (Wildman–Crippen LogP) is 1.97. The van der Waals surface area contributed by atoms with E-state index in [9.17, 15) is 4.79 Å². The van der Waals surface area contributed by atoms with Crippen molar-refractivity contribution >= 4 is 6.03 Å². The lowest BCUT2D eigenvalue weighted by Crippen LogP contribution is -2.64. The highest BCUT2D eigenvalue weighted by molar-refractivity contribution is 5.75. The van der Waals surface area contributed by atoms with E-state index in [0.717, 1.165) is 50.7 Å². The van der Waals surface area contributed by atoms with Crippen LogP contribution in [0.5, 0.6) is 0 Å². The number of nitrogens with one attached hydrogen (secondary N) is 1. The maximum Gasteiger partial charge on any atom is 0.317 e. The molecule has 3 fully saturated rings. The first-order chi connectivity index (χ1) is 11.1. The van der Waals surface area contributed by atoms with E-state index in [1.807, 2.05) is 11.8 Å². The first-order valence-corrected chi connectivity index (χ1v) is 8.72. The van der Waals surface area contributed by atoms with E-state index in [1.54, 1.807) is 6.20 Å². The van der Waals surface area contributed by atoms with Crippen molar-refractivity contribution in [1.82, 2.24) is 20.1 Å². The summed E-state index contributed by atoms with van der Waals surface area (Å²) in [4.78, 5) is 21.2. The Bertz CT molecular complexity index is 587. The summed E-state index contributed by atoms with van der Waals surface area (Å²) in [6, 6.07) is 0.495. The van der Waals surface area contributed by atoms with Crippen LogP contribution in [0.4, 0.5) is 4.79 Å². The Kier molecular flexibility index (Phi) is 3.59. The highest BCUT2D eigenvalue weighted by Gasteiger charge is 2.56. The van der Waals surface area contributed by atoms with Crippen molar-refractivity contribution in [3.63, 3.8) is 0 Å². The van der Waals surface area contributed by atoms with Gasteiger partial charge in [-0.25, -0.2) is 9.78 Å². The number of likely N-dealkylation sites (tertiary alicyclic amines) is 2. The molecule has 1 atom stereocenters. The number of carbonyl (C=O) groups is 1. The van der Waals surface area contributed by atoms with Crippen LogP contribution in [0.25, 0.3) is 0 Å². The smallest absolute Gasteiger partial charge is 0.317 e. The molecule has 3 aliphatic rings. The van der Waals surface area contributed by atoms with Crippen LogP contribution in [0, 0.1) is 12.3 Å². The highest BCUT2D eigenvalue weighted by atomic mass is 16.4. The predicted molar refractivity (Wildman–Crippen MR) is 86.3 cm³/mol. The highest BCUT2D eigenvalue weighted by Crippen LogP contribution is 2.48. The molecule has 2 aliphatic heterocycles. The molecule has 6 nitrogen and oxygen atoms in total. The van der Waals surface area contributed by atoms with E-state index in [-0.39, 0.29) is 17.4 Å². The van der Waals surface area contributed by atoms with Gasteiger partial charge in [0, 0.05) is 37.6 Å². The SMILES string of the molecule is Cc1cnc(C2CN(C)CC23CN(C(=O)NC2CCCC2)C3)o1. The number of aromatic nitrogens is 1. The molecule has 2 amide bonds. The van der Waals surface area contributed by atoms with Crippen LogP contribution in [0.15, 0.2) is 10.6 Å². The van der Waals surface area contributed by atoms with E-state index >= 15 is 0 Å². The minimum Gasteiger partial charge on any atom is -0.446 e. The van der Waals surface area contributed by atoms with Gasteiger partial charge in [0.25, 0.3) is 0 Å². The number of likely N-dealkylation sites (N-methyl/N-ethyl adjacent to an activating group) is 1. The normalized spacial score (nSPS) is 27.6. The summed E-state index contributed by atoms with van der Waals surface area (Å²) in [6.07, 6.45) is 6.54. The first kappa shape index (κ1) is 15.0. The van der Waals surface area contributed by atoms with Gasteiger partial charge in [-0.2, -0.15) is 0 Å². The zero-order chi connectivity index (χ0) is 16.0. The Labute approximate surface area is 137 Å². The molecule has 126 valence electrons. The molecule has 2 saturated heterocycles. The Morgan fingerprint density at radius 3 is 2.74 bits per heavy atom. The number of nitrogens with zero attached hydrogens (tertiary/aromatic N) is 3. The Balaban J connectivity index is 1.42. The van der Waals surface area contributed by atoms with Gasteiger partial charge in [-0.15, -0.1) is 0 Å². The number of carbonyl (C=O) groups excluding carboxylic acids is 1. The van der Waals surface area contributed by atoms with E-state index in [2.05, 4.69) is 22.2 Å². The standard InChI is InChI=1S/C17H26N4O2/c1-12-7-18-15(23-12)14-8-20(2)9-17(14)10-21(11-17)16(22)19-13-5-3-4-6-13/h7,13-14H,3-6,8-11H2,1-2H3,(H,19,22). The number of amides is 2. The summed E-state index contributed by atoms with van der Waals surface area (Å²) < 4.78 is 5.79. The van der Waals surface area contributed by atoms with Crippen molar-refractivity contribution < 1.29 is 9.21 Å². The molecule has 6 heteroatoms. The third-order valence-corrected chi connectivity index (χ3v) is 5.74. The van der Waals surface area contributed by atoms with Gasteiger partial charge in [0.15, 0.2) is 5.89 Å². The number of hydrogen-bond donors (Lipinski definition) is 1. The van der Waals surface area contributed by atoms with Gasteiger partial charge in [-0.05, 0) is 26.8 Å². The van der Waals surface area contributed by atoms with Gasteiger partial charge in [-0.1, -0.05) is 12.8 Å². The lowest BCUT2D eigenvalue weighted by atomic mass is 9.71. The third-order valence-electron chi connectivity index (χ3n) is 5.74. The van der Waals surface area contributed by atoms with Gasteiger partial charge in [0.1, 0.15) is 5.76 Å². The van der Waals surface area contributed by atoms with Crippen LogP contribution in [0.1, 0.15) is 43.3 Å². The van der Waals surface area contributed by atoms with Crippen molar-refractivity contribution in [1.29, 1.82) is 0 Å². The quantitative estimate of drug-likeness (QED) is 0.905. The molecule has 1 N–H and O–H groups in total. The summed E-state index contributed by atoms with van der Waals surface area (Å²) >= 11 is 0. The van der Waals surface area contributed by atoms with Crippen LogP contribution in [-0.2, 0) is 0 Å². The molecule has 23 heavy (non-hydrogen) atoms. The Morgan fingerprint density at radius 1 is 1.35 bits per heavy atom. The number of hydrogen-bond acceptors (Lipinski definition) is 4. The molecule has 0 radical (unpaired) electrons. The minimum absolute atomic E-state index is 0.110. The number of aryl methyl sites for hydroxylation is 1. The topological polar surface area (TPSA) is 61.6 Å². The summed E-state index contributed by atoms with van der Waals surface area (Å²) in [5.74, 6) is 1.99. The van der Waals surface area contributed by atoms with Crippen LogP contribution < -0.4 is 5.32 Å². The number of urea groups is 1. The largest absolute Gasteiger partial charge is 0.446 e. The van der Waals surface area contributed by atoms with Gasteiger partial charge in [0.2, 0.25) is 0 Å². The number of oxazole rings is 1.